The molecular formula is C20H30N4OS. The minimum Gasteiger partial charge on any atom is -0.353 e. The Morgan fingerprint density at radius 2 is 1.92 bits per heavy atom. The van der Waals surface area contributed by atoms with Gasteiger partial charge in [0.2, 0.25) is 11.1 Å². The molecule has 5 nitrogen and oxygen atoms in total. The van der Waals surface area contributed by atoms with Gasteiger partial charge in [0.05, 0.1) is 5.75 Å². The van der Waals surface area contributed by atoms with Gasteiger partial charge in [0.15, 0.2) is 5.82 Å². The highest BCUT2D eigenvalue weighted by Crippen LogP contribution is 2.20. The molecule has 6 heteroatoms. The lowest BCUT2D eigenvalue weighted by molar-refractivity contribution is -0.119. The van der Waals surface area contributed by atoms with Gasteiger partial charge in [-0.3, -0.25) is 9.89 Å². The number of rotatable bonds is 10. The fraction of sp³-hybridized carbons (Fsp3) is 0.550. The van der Waals surface area contributed by atoms with Gasteiger partial charge < -0.3 is 5.32 Å². The molecule has 0 saturated heterocycles. The van der Waals surface area contributed by atoms with E-state index in [2.05, 4.69) is 60.3 Å². The molecular weight excluding hydrogens is 344 g/mol. The van der Waals surface area contributed by atoms with Crippen molar-refractivity contribution >= 4 is 17.7 Å². The summed E-state index contributed by atoms with van der Waals surface area (Å²) in [4.78, 5) is 16.5. The zero-order valence-corrected chi connectivity index (χ0v) is 17.0. The maximum absolute atomic E-state index is 12.1. The first-order valence-corrected chi connectivity index (χ1v) is 10.4. The van der Waals surface area contributed by atoms with Crippen LogP contribution in [0.25, 0.3) is 11.4 Å². The predicted molar refractivity (Wildman–Crippen MR) is 108 cm³/mol. The SMILES string of the molecule is CCc1ccc(-c2nc(SCC(=O)N[C@H](C)CCCC(C)C)n[nH]2)cc1. The number of aromatic nitrogens is 3. The molecule has 1 aromatic carbocycles. The standard InChI is InChI=1S/C20H30N4OS/c1-5-16-9-11-17(12-10-16)19-22-20(24-23-19)26-13-18(25)21-15(4)8-6-7-14(2)3/h9-12,14-15H,5-8,13H2,1-4H3,(H,21,25)(H,22,23,24)/t15-/m1/s1. The summed E-state index contributed by atoms with van der Waals surface area (Å²) in [5, 5.41) is 10.8. The predicted octanol–water partition coefficient (Wildman–Crippen LogP) is 4.46. The van der Waals surface area contributed by atoms with Gasteiger partial charge in [0.25, 0.3) is 0 Å². The molecule has 0 aliphatic heterocycles. The molecule has 2 rings (SSSR count). The van der Waals surface area contributed by atoms with E-state index in [-0.39, 0.29) is 11.9 Å². The van der Waals surface area contributed by atoms with Crippen molar-refractivity contribution in [2.45, 2.75) is 64.6 Å². The van der Waals surface area contributed by atoms with Crippen LogP contribution in [0.4, 0.5) is 0 Å². The summed E-state index contributed by atoms with van der Waals surface area (Å²) in [6.45, 7) is 8.65. The molecule has 0 aliphatic rings. The number of nitrogens with one attached hydrogen (secondary N) is 2. The first kappa shape index (κ1) is 20.5. The van der Waals surface area contributed by atoms with Crippen molar-refractivity contribution in [1.29, 1.82) is 0 Å². The van der Waals surface area contributed by atoms with Crippen molar-refractivity contribution in [3.8, 4) is 11.4 Å². The van der Waals surface area contributed by atoms with Crippen LogP contribution in [0.2, 0.25) is 0 Å². The molecule has 2 aromatic rings. The molecule has 142 valence electrons. The topological polar surface area (TPSA) is 70.7 Å². The molecule has 2 N–H and O–H groups in total. The van der Waals surface area contributed by atoms with Gasteiger partial charge in [-0.1, -0.05) is 69.6 Å². The summed E-state index contributed by atoms with van der Waals surface area (Å²) >= 11 is 1.36. The van der Waals surface area contributed by atoms with E-state index in [1.54, 1.807) is 0 Å². The summed E-state index contributed by atoms with van der Waals surface area (Å²) in [5.41, 5.74) is 2.30. The molecule has 1 aromatic heterocycles. The lowest BCUT2D eigenvalue weighted by Crippen LogP contribution is -2.33. The smallest absolute Gasteiger partial charge is 0.230 e. The molecule has 0 unspecified atom stereocenters. The molecule has 1 atom stereocenters. The van der Waals surface area contributed by atoms with Crippen LogP contribution < -0.4 is 5.32 Å². The average Bonchev–Trinajstić information content (AvgIpc) is 3.08. The number of thioether (sulfide) groups is 1. The largest absolute Gasteiger partial charge is 0.353 e. The minimum atomic E-state index is 0.0331. The number of carbonyl (C=O) groups excluding carboxylic acids is 1. The Hall–Kier alpha value is -1.82. The number of benzene rings is 1. The molecule has 0 bridgehead atoms. The second kappa shape index (κ2) is 10.4. The highest BCUT2D eigenvalue weighted by molar-refractivity contribution is 7.99. The van der Waals surface area contributed by atoms with Crippen LogP contribution in [0.5, 0.6) is 0 Å². The lowest BCUT2D eigenvalue weighted by Gasteiger charge is -2.14. The van der Waals surface area contributed by atoms with Crippen LogP contribution in [0, 0.1) is 5.92 Å². The quantitative estimate of drug-likeness (QED) is 0.603. The fourth-order valence-electron chi connectivity index (χ4n) is 2.69. The fourth-order valence-corrected chi connectivity index (χ4v) is 3.30. The van der Waals surface area contributed by atoms with Gasteiger partial charge in [0, 0.05) is 11.6 Å². The Morgan fingerprint density at radius 1 is 1.19 bits per heavy atom. The summed E-state index contributed by atoms with van der Waals surface area (Å²) in [7, 11) is 0. The first-order valence-electron chi connectivity index (χ1n) is 9.41. The number of aromatic amines is 1. The molecule has 0 fully saturated rings. The van der Waals surface area contributed by atoms with E-state index in [1.807, 2.05) is 12.1 Å². The van der Waals surface area contributed by atoms with Crippen LogP contribution >= 0.6 is 11.8 Å². The number of amides is 1. The monoisotopic (exact) mass is 374 g/mol. The normalized spacial score (nSPS) is 12.3. The van der Waals surface area contributed by atoms with Gasteiger partial charge in [-0.2, -0.15) is 0 Å². The van der Waals surface area contributed by atoms with Gasteiger partial charge in [-0.15, -0.1) is 5.10 Å². The summed E-state index contributed by atoms with van der Waals surface area (Å²) in [5.74, 6) is 1.82. The van der Waals surface area contributed by atoms with Crippen LogP contribution in [0.15, 0.2) is 29.4 Å². The van der Waals surface area contributed by atoms with E-state index in [0.29, 0.717) is 16.8 Å². The van der Waals surface area contributed by atoms with Gasteiger partial charge in [-0.05, 0) is 31.2 Å². The van der Waals surface area contributed by atoms with Crippen molar-refractivity contribution in [2.75, 3.05) is 5.75 Å². The molecule has 26 heavy (non-hydrogen) atoms. The third-order valence-corrected chi connectivity index (χ3v) is 5.11. The van der Waals surface area contributed by atoms with Crippen LogP contribution in [-0.4, -0.2) is 32.9 Å². The molecule has 0 aliphatic carbocycles. The Labute approximate surface area is 160 Å². The second-order valence-corrected chi connectivity index (χ2v) is 8.04. The molecule has 1 heterocycles. The highest BCUT2D eigenvalue weighted by atomic mass is 32.2. The Kier molecular flexibility index (Phi) is 8.16. The highest BCUT2D eigenvalue weighted by Gasteiger charge is 2.11. The summed E-state index contributed by atoms with van der Waals surface area (Å²) in [6, 6.07) is 8.48. The zero-order chi connectivity index (χ0) is 18.9. The van der Waals surface area contributed by atoms with Gasteiger partial charge >= 0.3 is 0 Å². The van der Waals surface area contributed by atoms with Crippen molar-refractivity contribution in [3.63, 3.8) is 0 Å². The third-order valence-electron chi connectivity index (χ3n) is 4.26. The van der Waals surface area contributed by atoms with Crippen molar-refractivity contribution in [1.82, 2.24) is 20.5 Å². The van der Waals surface area contributed by atoms with E-state index < -0.39 is 0 Å². The number of aryl methyl sites for hydroxylation is 1. The maximum Gasteiger partial charge on any atom is 0.230 e. The number of hydrogen-bond donors (Lipinski definition) is 2. The van der Waals surface area contributed by atoms with Crippen molar-refractivity contribution in [2.24, 2.45) is 5.92 Å². The van der Waals surface area contributed by atoms with E-state index >= 15 is 0 Å². The van der Waals surface area contributed by atoms with Crippen LogP contribution in [-0.2, 0) is 11.2 Å². The van der Waals surface area contributed by atoms with E-state index in [9.17, 15) is 4.79 Å². The number of carbonyl (C=O) groups is 1. The van der Waals surface area contributed by atoms with Crippen LogP contribution in [0.3, 0.4) is 0 Å². The summed E-state index contributed by atoms with van der Waals surface area (Å²) in [6.07, 6.45) is 4.39. The molecule has 0 saturated carbocycles. The molecule has 1 amide bonds. The zero-order valence-electron chi connectivity index (χ0n) is 16.2. The number of hydrogen-bond acceptors (Lipinski definition) is 4. The number of H-pyrrole nitrogens is 1. The van der Waals surface area contributed by atoms with Crippen molar-refractivity contribution in [3.05, 3.63) is 29.8 Å². The second-order valence-electron chi connectivity index (χ2n) is 7.10. The minimum absolute atomic E-state index is 0.0331. The first-order chi connectivity index (χ1) is 12.5. The van der Waals surface area contributed by atoms with Crippen molar-refractivity contribution < 1.29 is 4.79 Å². The van der Waals surface area contributed by atoms with Crippen LogP contribution in [0.1, 0.15) is 52.5 Å². The Morgan fingerprint density at radius 3 is 2.58 bits per heavy atom. The Balaban J connectivity index is 1.77. The lowest BCUT2D eigenvalue weighted by atomic mass is 10.0. The average molecular weight is 375 g/mol. The van der Waals surface area contributed by atoms with E-state index in [1.165, 1.54) is 23.7 Å². The third kappa shape index (κ3) is 6.83. The van der Waals surface area contributed by atoms with E-state index in [4.69, 9.17) is 0 Å². The molecule has 0 radical (unpaired) electrons. The molecule has 0 spiro atoms. The summed E-state index contributed by atoms with van der Waals surface area (Å²) < 4.78 is 0. The van der Waals surface area contributed by atoms with E-state index in [0.717, 1.165) is 30.7 Å². The number of nitrogens with zero attached hydrogens (tertiary/aromatic N) is 2. The van der Waals surface area contributed by atoms with Gasteiger partial charge in [0.1, 0.15) is 0 Å². The Bertz CT molecular complexity index is 681. The maximum atomic E-state index is 12.1. The van der Waals surface area contributed by atoms with Gasteiger partial charge in [-0.25, -0.2) is 4.98 Å².